The van der Waals surface area contributed by atoms with E-state index < -0.39 is 6.09 Å². The molecule has 0 saturated heterocycles. The molecule has 0 radical (unpaired) electrons. The van der Waals surface area contributed by atoms with E-state index in [1.807, 2.05) is 30.3 Å². The summed E-state index contributed by atoms with van der Waals surface area (Å²) in [5, 5.41) is 15.9. The summed E-state index contributed by atoms with van der Waals surface area (Å²) >= 11 is 0. The number of amides is 1. The quantitative estimate of drug-likeness (QED) is 0.666. The average Bonchev–Trinajstić information content (AvgIpc) is 2.46. The van der Waals surface area contributed by atoms with Crippen molar-refractivity contribution < 1.29 is 14.6 Å². The maximum atomic E-state index is 11.2. The molecule has 0 unspecified atom stereocenters. The van der Waals surface area contributed by atoms with Gasteiger partial charge in [-0.25, -0.2) is 10.2 Å². The number of nitrogens with one attached hydrogen (secondary N) is 1. The van der Waals surface area contributed by atoms with Crippen LogP contribution in [0.3, 0.4) is 0 Å². The topological polar surface area (TPSA) is 70.9 Å². The third-order valence-electron chi connectivity index (χ3n) is 2.88. The van der Waals surface area contributed by atoms with Gasteiger partial charge in [0.1, 0.15) is 5.75 Å². The van der Waals surface area contributed by atoms with Gasteiger partial charge in [-0.2, -0.15) is 5.10 Å². The van der Waals surface area contributed by atoms with Crippen LogP contribution in [0.5, 0.6) is 5.75 Å². The van der Waals surface area contributed by atoms with E-state index in [9.17, 15) is 9.90 Å². The third-order valence-corrected chi connectivity index (χ3v) is 2.88. The summed E-state index contributed by atoms with van der Waals surface area (Å²) in [5.74, 6) is 0.148. The first-order valence-electron chi connectivity index (χ1n) is 6.31. The number of hydrazone groups is 1. The van der Waals surface area contributed by atoms with Crippen LogP contribution in [0, 0.1) is 0 Å². The standard InChI is InChI=1S/C15H16N2O3/c1-3-20-15(19)17-16-10(2)12-9-8-11-6-4-5-7-13(11)14(12)18/h4-9,18H,3H2,1-2H3,(H,17,19). The maximum absolute atomic E-state index is 11.2. The summed E-state index contributed by atoms with van der Waals surface area (Å²) < 4.78 is 4.71. The molecule has 5 nitrogen and oxygen atoms in total. The lowest BCUT2D eigenvalue weighted by Crippen LogP contribution is -2.20. The summed E-state index contributed by atoms with van der Waals surface area (Å²) in [5.41, 5.74) is 3.34. The number of rotatable bonds is 3. The molecule has 104 valence electrons. The SMILES string of the molecule is CCOC(=O)NN=C(C)c1ccc2ccccc2c1O. The van der Waals surface area contributed by atoms with Gasteiger partial charge in [0.2, 0.25) is 0 Å². The molecular formula is C15H16N2O3. The van der Waals surface area contributed by atoms with Gasteiger partial charge in [0, 0.05) is 10.9 Å². The van der Waals surface area contributed by atoms with Gasteiger partial charge in [-0.1, -0.05) is 30.3 Å². The Kier molecular flexibility index (Phi) is 4.20. The largest absolute Gasteiger partial charge is 0.507 e. The Morgan fingerprint density at radius 1 is 1.30 bits per heavy atom. The van der Waals surface area contributed by atoms with Gasteiger partial charge in [-0.05, 0) is 25.3 Å². The van der Waals surface area contributed by atoms with Gasteiger partial charge in [0.25, 0.3) is 0 Å². The number of aromatic hydroxyl groups is 1. The van der Waals surface area contributed by atoms with E-state index in [4.69, 9.17) is 4.74 Å². The highest BCUT2D eigenvalue weighted by atomic mass is 16.5. The third kappa shape index (κ3) is 2.88. The normalized spacial score (nSPS) is 11.4. The van der Waals surface area contributed by atoms with Crippen molar-refractivity contribution in [3.8, 4) is 5.75 Å². The van der Waals surface area contributed by atoms with Crippen LogP contribution in [0.15, 0.2) is 41.5 Å². The lowest BCUT2D eigenvalue weighted by molar-refractivity contribution is 0.152. The molecule has 0 heterocycles. The molecule has 1 amide bonds. The van der Waals surface area contributed by atoms with Crippen LogP contribution in [-0.2, 0) is 4.74 Å². The van der Waals surface area contributed by atoms with Crippen molar-refractivity contribution in [1.29, 1.82) is 0 Å². The molecule has 2 aromatic rings. The molecule has 0 saturated carbocycles. The lowest BCUT2D eigenvalue weighted by Gasteiger charge is -2.08. The first-order valence-corrected chi connectivity index (χ1v) is 6.31. The van der Waals surface area contributed by atoms with Crippen LogP contribution in [0.2, 0.25) is 0 Å². The summed E-state index contributed by atoms with van der Waals surface area (Å²) in [6, 6.07) is 11.2. The van der Waals surface area contributed by atoms with E-state index in [-0.39, 0.29) is 12.4 Å². The number of carbonyl (C=O) groups is 1. The second-order valence-electron chi connectivity index (χ2n) is 4.21. The Bertz CT molecular complexity index is 665. The monoisotopic (exact) mass is 272 g/mol. The van der Waals surface area contributed by atoms with E-state index in [2.05, 4.69) is 10.5 Å². The number of carbonyl (C=O) groups excluding carboxylic acids is 1. The van der Waals surface area contributed by atoms with Gasteiger partial charge >= 0.3 is 6.09 Å². The molecule has 0 aliphatic heterocycles. The summed E-state index contributed by atoms with van der Waals surface area (Å²) in [6.45, 7) is 3.70. The maximum Gasteiger partial charge on any atom is 0.427 e. The summed E-state index contributed by atoms with van der Waals surface area (Å²) in [7, 11) is 0. The lowest BCUT2D eigenvalue weighted by atomic mass is 10.0. The first kappa shape index (κ1) is 13.9. The van der Waals surface area contributed by atoms with Crippen molar-refractivity contribution >= 4 is 22.6 Å². The molecule has 0 spiro atoms. The van der Waals surface area contributed by atoms with E-state index >= 15 is 0 Å². The minimum Gasteiger partial charge on any atom is -0.507 e. The van der Waals surface area contributed by atoms with Gasteiger partial charge in [0.05, 0.1) is 12.3 Å². The molecule has 2 N–H and O–H groups in total. The zero-order chi connectivity index (χ0) is 14.5. The Balaban J connectivity index is 2.30. The molecule has 0 fully saturated rings. The second kappa shape index (κ2) is 6.06. The smallest absolute Gasteiger partial charge is 0.427 e. The van der Waals surface area contributed by atoms with Crippen LogP contribution >= 0.6 is 0 Å². The van der Waals surface area contributed by atoms with E-state index in [1.54, 1.807) is 19.9 Å². The average molecular weight is 272 g/mol. The zero-order valence-electron chi connectivity index (χ0n) is 11.4. The van der Waals surface area contributed by atoms with E-state index in [0.29, 0.717) is 11.3 Å². The predicted octanol–water partition coefficient (Wildman–Crippen LogP) is 3.02. The Morgan fingerprint density at radius 3 is 2.80 bits per heavy atom. The molecular weight excluding hydrogens is 256 g/mol. The van der Waals surface area contributed by atoms with Crippen molar-refractivity contribution in [1.82, 2.24) is 5.43 Å². The Morgan fingerprint density at radius 2 is 2.05 bits per heavy atom. The Hall–Kier alpha value is -2.56. The fraction of sp³-hybridized carbons (Fsp3) is 0.200. The number of phenols is 1. The van der Waals surface area contributed by atoms with Crippen molar-refractivity contribution in [2.45, 2.75) is 13.8 Å². The van der Waals surface area contributed by atoms with Crippen molar-refractivity contribution in [3.05, 3.63) is 42.0 Å². The van der Waals surface area contributed by atoms with Crippen LogP contribution in [0.25, 0.3) is 10.8 Å². The summed E-state index contributed by atoms with van der Waals surface area (Å²) in [6.07, 6.45) is -0.618. The number of hydrogen-bond acceptors (Lipinski definition) is 4. The molecule has 0 aliphatic rings. The van der Waals surface area contributed by atoms with Crippen molar-refractivity contribution in [3.63, 3.8) is 0 Å². The van der Waals surface area contributed by atoms with Crippen molar-refractivity contribution in [2.75, 3.05) is 6.61 Å². The van der Waals surface area contributed by atoms with Crippen LogP contribution in [0.4, 0.5) is 4.79 Å². The minimum atomic E-state index is -0.618. The zero-order valence-corrected chi connectivity index (χ0v) is 11.4. The molecule has 2 rings (SSSR count). The van der Waals surface area contributed by atoms with Gasteiger partial charge < -0.3 is 9.84 Å². The fourth-order valence-electron chi connectivity index (χ4n) is 1.90. The minimum absolute atomic E-state index is 0.148. The molecule has 20 heavy (non-hydrogen) atoms. The Labute approximate surface area is 116 Å². The van der Waals surface area contributed by atoms with Crippen LogP contribution < -0.4 is 5.43 Å². The molecule has 5 heteroatoms. The number of benzene rings is 2. The number of nitrogens with zero attached hydrogens (tertiary/aromatic N) is 1. The highest BCUT2D eigenvalue weighted by Gasteiger charge is 2.09. The number of phenolic OH excluding ortho intramolecular Hbond substituents is 1. The number of fused-ring (bicyclic) bond motifs is 1. The number of hydrogen-bond donors (Lipinski definition) is 2. The highest BCUT2D eigenvalue weighted by molar-refractivity contribution is 6.06. The first-order chi connectivity index (χ1) is 9.63. The summed E-state index contributed by atoms with van der Waals surface area (Å²) in [4.78, 5) is 11.2. The van der Waals surface area contributed by atoms with E-state index in [0.717, 1.165) is 10.8 Å². The van der Waals surface area contributed by atoms with Gasteiger partial charge in [-0.15, -0.1) is 0 Å². The van der Waals surface area contributed by atoms with Crippen LogP contribution in [-0.4, -0.2) is 23.5 Å². The van der Waals surface area contributed by atoms with E-state index in [1.165, 1.54) is 0 Å². The second-order valence-corrected chi connectivity index (χ2v) is 4.21. The number of ether oxygens (including phenoxy) is 1. The highest BCUT2D eigenvalue weighted by Crippen LogP contribution is 2.28. The van der Waals surface area contributed by atoms with Gasteiger partial charge in [-0.3, -0.25) is 0 Å². The molecule has 0 aromatic heterocycles. The van der Waals surface area contributed by atoms with Gasteiger partial charge in [0.15, 0.2) is 0 Å². The molecule has 0 aliphatic carbocycles. The predicted molar refractivity (Wildman–Crippen MR) is 78.0 cm³/mol. The molecule has 0 bridgehead atoms. The van der Waals surface area contributed by atoms with Crippen molar-refractivity contribution in [2.24, 2.45) is 5.10 Å². The molecule has 2 aromatic carbocycles. The molecule has 0 atom stereocenters. The fourth-order valence-corrected chi connectivity index (χ4v) is 1.90. The van der Waals surface area contributed by atoms with Crippen LogP contribution in [0.1, 0.15) is 19.4 Å².